The molecule has 1 unspecified atom stereocenters. The van der Waals surface area contributed by atoms with Gasteiger partial charge in [-0.3, -0.25) is 0 Å². The molecule has 3 heteroatoms. The van der Waals surface area contributed by atoms with Crippen LogP contribution < -0.4 is 14.8 Å². The molecule has 0 amide bonds. The molecule has 0 saturated heterocycles. The van der Waals surface area contributed by atoms with Crippen LogP contribution in [0.2, 0.25) is 0 Å². The zero-order valence-electron chi connectivity index (χ0n) is 10.5. The lowest BCUT2D eigenvalue weighted by Crippen LogP contribution is -2.33. The maximum Gasteiger partial charge on any atom is 0.161 e. The number of nitrogens with one attached hydrogen (secondary N) is 1. The van der Waals surface area contributed by atoms with Crippen LogP contribution >= 0.6 is 0 Å². The van der Waals surface area contributed by atoms with Crippen LogP contribution in [0.1, 0.15) is 13.8 Å². The lowest BCUT2D eigenvalue weighted by molar-refractivity contribution is 0.146. The summed E-state index contributed by atoms with van der Waals surface area (Å²) in [6, 6.07) is 7.73. The number of benzene rings is 1. The molecule has 16 heavy (non-hydrogen) atoms. The van der Waals surface area contributed by atoms with Gasteiger partial charge < -0.3 is 14.8 Å². The van der Waals surface area contributed by atoms with Gasteiger partial charge in [0.1, 0.15) is 6.10 Å². The van der Waals surface area contributed by atoms with Gasteiger partial charge in [0.2, 0.25) is 0 Å². The van der Waals surface area contributed by atoms with Gasteiger partial charge in [0.25, 0.3) is 0 Å². The molecule has 0 radical (unpaired) electrons. The van der Waals surface area contributed by atoms with Crippen molar-refractivity contribution in [1.29, 1.82) is 0 Å². The first kappa shape index (κ1) is 12.8. The summed E-state index contributed by atoms with van der Waals surface area (Å²) in [4.78, 5) is 0. The van der Waals surface area contributed by atoms with E-state index >= 15 is 0 Å². The van der Waals surface area contributed by atoms with Crippen molar-refractivity contribution in [3.8, 4) is 11.5 Å². The average molecular weight is 223 g/mol. The highest BCUT2D eigenvalue weighted by Gasteiger charge is 2.16. The summed E-state index contributed by atoms with van der Waals surface area (Å²) in [5, 5.41) is 3.14. The van der Waals surface area contributed by atoms with Crippen LogP contribution in [0, 0.1) is 5.92 Å². The van der Waals surface area contributed by atoms with Crippen LogP contribution in [0.15, 0.2) is 24.3 Å². The van der Waals surface area contributed by atoms with Gasteiger partial charge in [-0.1, -0.05) is 26.0 Å². The molecule has 0 aliphatic rings. The molecule has 0 fully saturated rings. The van der Waals surface area contributed by atoms with Gasteiger partial charge in [-0.25, -0.2) is 0 Å². The molecule has 1 N–H and O–H groups in total. The molecule has 1 aromatic rings. The number of likely N-dealkylation sites (N-methyl/N-ethyl adjacent to an activating group) is 1. The second-order valence-electron chi connectivity index (χ2n) is 4.11. The molecule has 1 rings (SSSR count). The first-order valence-electron chi connectivity index (χ1n) is 5.63. The van der Waals surface area contributed by atoms with Crippen LogP contribution in [-0.2, 0) is 0 Å². The third kappa shape index (κ3) is 3.42. The van der Waals surface area contributed by atoms with Crippen LogP contribution in [-0.4, -0.2) is 26.8 Å². The van der Waals surface area contributed by atoms with E-state index in [-0.39, 0.29) is 6.10 Å². The SMILES string of the molecule is CNCC(Oc1ccccc1OC)C(C)C. The van der Waals surface area contributed by atoms with Crippen molar-refractivity contribution < 1.29 is 9.47 Å². The average Bonchev–Trinajstić information content (AvgIpc) is 2.29. The number of methoxy groups -OCH3 is 1. The van der Waals surface area contributed by atoms with Crippen molar-refractivity contribution in [2.24, 2.45) is 5.92 Å². The van der Waals surface area contributed by atoms with Crippen LogP contribution in [0.25, 0.3) is 0 Å². The smallest absolute Gasteiger partial charge is 0.161 e. The zero-order chi connectivity index (χ0) is 12.0. The fraction of sp³-hybridized carbons (Fsp3) is 0.538. The minimum absolute atomic E-state index is 0.154. The monoisotopic (exact) mass is 223 g/mol. The van der Waals surface area contributed by atoms with Crippen LogP contribution in [0.3, 0.4) is 0 Å². The maximum absolute atomic E-state index is 5.95. The van der Waals surface area contributed by atoms with Gasteiger partial charge in [0, 0.05) is 6.54 Å². The van der Waals surface area contributed by atoms with Gasteiger partial charge in [-0.05, 0) is 25.1 Å². The topological polar surface area (TPSA) is 30.5 Å². The summed E-state index contributed by atoms with van der Waals surface area (Å²) in [7, 11) is 3.59. The highest BCUT2D eigenvalue weighted by atomic mass is 16.5. The van der Waals surface area contributed by atoms with Crippen molar-refractivity contribution in [2.75, 3.05) is 20.7 Å². The van der Waals surface area contributed by atoms with E-state index in [0.717, 1.165) is 18.0 Å². The molecule has 0 aliphatic carbocycles. The third-order valence-corrected chi connectivity index (χ3v) is 2.50. The van der Waals surface area contributed by atoms with Crippen LogP contribution in [0.5, 0.6) is 11.5 Å². The Morgan fingerprint density at radius 3 is 2.31 bits per heavy atom. The van der Waals surface area contributed by atoms with E-state index < -0.39 is 0 Å². The lowest BCUT2D eigenvalue weighted by Gasteiger charge is -2.23. The first-order chi connectivity index (χ1) is 7.69. The molecule has 0 saturated carbocycles. The lowest BCUT2D eigenvalue weighted by atomic mass is 10.1. The standard InChI is InChI=1S/C13H21NO2/c1-10(2)13(9-14-3)16-12-8-6-5-7-11(12)15-4/h5-8,10,13-14H,9H2,1-4H3. The van der Waals surface area contributed by atoms with E-state index in [2.05, 4.69) is 19.2 Å². The van der Waals surface area contributed by atoms with Crippen molar-refractivity contribution >= 4 is 0 Å². The second kappa shape index (κ2) is 6.38. The molecule has 1 aromatic carbocycles. The number of hydrogen-bond donors (Lipinski definition) is 1. The van der Waals surface area contributed by atoms with E-state index in [1.807, 2.05) is 31.3 Å². The van der Waals surface area contributed by atoms with Gasteiger partial charge in [-0.2, -0.15) is 0 Å². The van der Waals surface area contributed by atoms with Crippen molar-refractivity contribution in [3.63, 3.8) is 0 Å². The summed E-state index contributed by atoms with van der Waals surface area (Å²) in [5.41, 5.74) is 0. The minimum Gasteiger partial charge on any atom is -0.493 e. The van der Waals surface area contributed by atoms with Gasteiger partial charge >= 0.3 is 0 Å². The molecular formula is C13H21NO2. The predicted molar refractivity (Wildman–Crippen MR) is 66.2 cm³/mol. The van der Waals surface area contributed by atoms with E-state index in [1.54, 1.807) is 7.11 Å². The fourth-order valence-corrected chi connectivity index (χ4v) is 1.49. The number of rotatable bonds is 6. The Morgan fingerprint density at radius 2 is 1.81 bits per heavy atom. The first-order valence-corrected chi connectivity index (χ1v) is 5.63. The minimum atomic E-state index is 0.154. The summed E-state index contributed by atoms with van der Waals surface area (Å²) < 4.78 is 11.2. The Kier molecular flexibility index (Phi) is 5.12. The van der Waals surface area contributed by atoms with E-state index in [4.69, 9.17) is 9.47 Å². The Morgan fingerprint density at radius 1 is 1.19 bits per heavy atom. The Hall–Kier alpha value is -1.22. The van der Waals surface area contributed by atoms with Crippen molar-refractivity contribution in [1.82, 2.24) is 5.32 Å². The Bertz CT molecular complexity index is 313. The van der Waals surface area contributed by atoms with Crippen molar-refractivity contribution in [3.05, 3.63) is 24.3 Å². The molecule has 0 heterocycles. The van der Waals surface area contributed by atoms with Crippen LogP contribution in [0.4, 0.5) is 0 Å². The fourth-order valence-electron chi connectivity index (χ4n) is 1.49. The molecule has 90 valence electrons. The number of hydrogen-bond acceptors (Lipinski definition) is 3. The summed E-state index contributed by atoms with van der Waals surface area (Å²) in [6.45, 7) is 5.13. The molecule has 0 spiro atoms. The van der Waals surface area contributed by atoms with E-state index in [0.29, 0.717) is 5.92 Å². The molecule has 0 bridgehead atoms. The highest BCUT2D eigenvalue weighted by molar-refractivity contribution is 5.39. The Labute approximate surface area is 97.8 Å². The molecular weight excluding hydrogens is 202 g/mol. The largest absolute Gasteiger partial charge is 0.493 e. The number of para-hydroxylation sites is 2. The third-order valence-electron chi connectivity index (χ3n) is 2.50. The molecule has 0 aromatic heterocycles. The van der Waals surface area contributed by atoms with E-state index in [9.17, 15) is 0 Å². The summed E-state index contributed by atoms with van der Waals surface area (Å²) >= 11 is 0. The predicted octanol–water partition coefficient (Wildman–Crippen LogP) is 2.32. The second-order valence-corrected chi connectivity index (χ2v) is 4.11. The zero-order valence-corrected chi connectivity index (χ0v) is 10.5. The van der Waals surface area contributed by atoms with Gasteiger partial charge in [-0.15, -0.1) is 0 Å². The van der Waals surface area contributed by atoms with Gasteiger partial charge in [0.15, 0.2) is 11.5 Å². The highest BCUT2D eigenvalue weighted by Crippen LogP contribution is 2.27. The normalized spacial score (nSPS) is 12.6. The molecule has 0 aliphatic heterocycles. The van der Waals surface area contributed by atoms with Crippen molar-refractivity contribution in [2.45, 2.75) is 20.0 Å². The number of ether oxygens (including phenoxy) is 2. The summed E-state index contributed by atoms with van der Waals surface area (Å²) in [6.07, 6.45) is 0.154. The quantitative estimate of drug-likeness (QED) is 0.803. The Balaban J connectivity index is 2.76. The van der Waals surface area contributed by atoms with E-state index in [1.165, 1.54) is 0 Å². The summed E-state index contributed by atoms with van der Waals surface area (Å²) in [5.74, 6) is 2.04. The van der Waals surface area contributed by atoms with Gasteiger partial charge in [0.05, 0.1) is 7.11 Å². The maximum atomic E-state index is 5.95. The molecule has 1 atom stereocenters. The molecule has 3 nitrogen and oxygen atoms in total.